The van der Waals surface area contributed by atoms with Crippen LogP contribution in [-0.2, 0) is 0 Å². The van der Waals surface area contributed by atoms with Crippen LogP contribution in [0.15, 0.2) is 18.2 Å². The lowest BCUT2D eigenvalue weighted by atomic mass is 9.75. The van der Waals surface area contributed by atoms with Gasteiger partial charge in [0.1, 0.15) is 0 Å². The summed E-state index contributed by atoms with van der Waals surface area (Å²) in [6.45, 7) is 8.53. The average molecular weight is 290 g/mol. The molecule has 116 valence electrons. The van der Waals surface area contributed by atoms with Gasteiger partial charge in [-0.15, -0.1) is 0 Å². The van der Waals surface area contributed by atoms with Gasteiger partial charge in [0.2, 0.25) is 0 Å². The first-order valence-corrected chi connectivity index (χ1v) is 7.79. The van der Waals surface area contributed by atoms with Crippen molar-refractivity contribution in [2.24, 2.45) is 5.41 Å². The van der Waals surface area contributed by atoms with Gasteiger partial charge in [0, 0.05) is 23.7 Å². The molecule has 21 heavy (non-hydrogen) atoms. The molecule has 2 rings (SSSR count). The zero-order valence-corrected chi connectivity index (χ0v) is 13.5. The van der Waals surface area contributed by atoms with Crippen molar-refractivity contribution >= 4 is 5.69 Å². The second kappa shape index (κ2) is 6.14. The van der Waals surface area contributed by atoms with E-state index in [0.29, 0.717) is 11.5 Å². The van der Waals surface area contributed by atoms with Gasteiger partial charge < -0.3 is 5.32 Å². The molecule has 0 amide bonds. The predicted molar refractivity (Wildman–Crippen MR) is 85.4 cm³/mol. The molecule has 1 saturated carbocycles. The summed E-state index contributed by atoms with van der Waals surface area (Å²) < 4.78 is 0. The first-order chi connectivity index (χ1) is 9.78. The minimum Gasteiger partial charge on any atom is -0.307 e. The molecule has 1 fully saturated rings. The molecule has 1 aromatic rings. The van der Waals surface area contributed by atoms with Crippen LogP contribution in [0.5, 0.6) is 0 Å². The summed E-state index contributed by atoms with van der Waals surface area (Å²) >= 11 is 0. The van der Waals surface area contributed by atoms with Crippen LogP contribution < -0.4 is 5.32 Å². The summed E-state index contributed by atoms with van der Waals surface area (Å²) in [5, 5.41) is 14.7. The summed E-state index contributed by atoms with van der Waals surface area (Å²) in [6, 6.07) is 6.21. The maximum atomic E-state index is 11.0. The van der Waals surface area contributed by atoms with Crippen molar-refractivity contribution in [3.8, 4) is 0 Å². The Kier molecular flexibility index (Phi) is 4.67. The maximum Gasteiger partial charge on any atom is 0.272 e. The van der Waals surface area contributed by atoms with E-state index in [-0.39, 0.29) is 16.7 Å². The van der Waals surface area contributed by atoms with Crippen molar-refractivity contribution in [1.29, 1.82) is 0 Å². The predicted octanol–water partition coefficient (Wildman–Crippen LogP) is 4.52. The molecule has 1 N–H and O–H groups in total. The molecule has 1 aliphatic carbocycles. The molecule has 0 spiro atoms. The monoisotopic (exact) mass is 290 g/mol. The third-order valence-corrected chi connectivity index (χ3v) is 4.75. The van der Waals surface area contributed by atoms with Gasteiger partial charge in [-0.1, -0.05) is 26.0 Å². The van der Waals surface area contributed by atoms with Gasteiger partial charge in [0.05, 0.1) is 4.92 Å². The van der Waals surface area contributed by atoms with Crippen LogP contribution >= 0.6 is 0 Å². The summed E-state index contributed by atoms with van der Waals surface area (Å²) in [6.07, 6.45) is 4.85. The number of benzene rings is 1. The van der Waals surface area contributed by atoms with E-state index < -0.39 is 0 Å². The quantitative estimate of drug-likeness (QED) is 0.655. The Morgan fingerprint density at radius 1 is 1.33 bits per heavy atom. The minimum atomic E-state index is -0.297. The molecule has 1 aromatic carbocycles. The maximum absolute atomic E-state index is 11.0. The van der Waals surface area contributed by atoms with Crippen LogP contribution in [0.2, 0.25) is 0 Å². The highest BCUT2D eigenvalue weighted by atomic mass is 16.6. The Bertz CT molecular complexity index is 516. The topological polar surface area (TPSA) is 55.2 Å². The van der Waals surface area contributed by atoms with Crippen molar-refractivity contribution in [1.82, 2.24) is 5.32 Å². The third-order valence-electron chi connectivity index (χ3n) is 4.75. The fourth-order valence-corrected chi connectivity index (χ4v) is 3.11. The molecule has 1 unspecified atom stereocenters. The van der Waals surface area contributed by atoms with E-state index in [9.17, 15) is 10.1 Å². The molecule has 1 atom stereocenters. The van der Waals surface area contributed by atoms with Crippen molar-refractivity contribution in [3.05, 3.63) is 39.4 Å². The Hall–Kier alpha value is -1.42. The van der Waals surface area contributed by atoms with Crippen LogP contribution in [0.1, 0.15) is 63.6 Å². The number of nitrogens with one attached hydrogen (secondary N) is 1. The molecular formula is C17H26N2O2. The van der Waals surface area contributed by atoms with Gasteiger partial charge in [-0.25, -0.2) is 0 Å². The van der Waals surface area contributed by atoms with Crippen molar-refractivity contribution in [3.63, 3.8) is 0 Å². The van der Waals surface area contributed by atoms with Crippen LogP contribution in [0.4, 0.5) is 5.69 Å². The SMILES string of the molecule is Cc1ccc(C(C)NC2CCC(C)(C)CC2)cc1[N+](=O)[O-]. The van der Waals surface area contributed by atoms with Crippen LogP contribution in [0.25, 0.3) is 0 Å². The Morgan fingerprint density at radius 3 is 2.52 bits per heavy atom. The lowest BCUT2D eigenvalue weighted by Gasteiger charge is -2.36. The second-order valence-electron chi connectivity index (χ2n) is 7.13. The molecule has 0 saturated heterocycles. The smallest absolute Gasteiger partial charge is 0.272 e. The number of hydrogen-bond acceptors (Lipinski definition) is 3. The second-order valence-corrected chi connectivity index (χ2v) is 7.13. The van der Waals surface area contributed by atoms with Crippen molar-refractivity contribution < 1.29 is 4.92 Å². The number of nitro groups is 1. The number of hydrogen-bond donors (Lipinski definition) is 1. The summed E-state index contributed by atoms with van der Waals surface area (Å²) in [4.78, 5) is 10.7. The van der Waals surface area contributed by atoms with Crippen molar-refractivity contribution in [2.45, 2.75) is 65.5 Å². The molecule has 4 nitrogen and oxygen atoms in total. The van der Waals surface area contributed by atoms with E-state index in [1.54, 1.807) is 13.0 Å². The van der Waals surface area contributed by atoms with Gasteiger partial charge in [-0.2, -0.15) is 0 Å². The molecule has 0 heterocycles. The number of nitro benzene ring substituents is 1. The first kappa shape index (κ1) is 16.0. The van der Waals surface area contributed by atoms with Gasteiger partial charge in [0.15, 0.2) is 0 Å². The molecule has 0 radical (unpaired) electrons. The molecular weight excluding hydrogens is 264 g/mol. The average Bonchev–Trinajstić information content (AvgIpc) is 2.41. The fraction of sp³-hybridized carbons (Fsp3) is 0.647. The van der Waals surface area contributed by atoms with Gasteiger partial charge in [-0.3, -0.25) is 10.1 Å². The van der Waals surface area contributed by atoms with Crippen LogP contribution in [0.3, 0.4) is 0 Å². The normalized spacial score (nSPS) is 20.2. The Balaban J connectivity index is 2.02. The summed E-state index contributed by atoms with van der Waals surface area (Å²) in [7, 11) is 0. The largest absolute Gasteiger partial charge is 0.307 e. The van der Waals surface area contributed by atoms with E-state index in [1.807, 2.05) is 12.1 Å². The Labute approximate surface area is 127 Å². The lowest BCUT2D eigenvalue weighted by molar-refractivity contribution is -0.385. The van der Waals surface area contributed by atoms with Crippen molar-refractivity contribution in [2.75, 3.05) is 0 Å². The minimum absolute atomic E-state index is 0.149. The van der Waals surface area contributed by atoms with E-state index in [1.165, 1.54) is 25.7 Å². The fourth-order valence-electron chi connectivity index (χ4n) is 3.11. The molecule has 0 bridgehead atoms. The molecule has 1 aliphatic rings. The highest BCUT2D eigenvalue weighted by Crippen LogP contribution is 2.36. The van der Waals surface area contributed by atoms with E-state index in [4.69, 9.17) is 0 Å². The standard InChI is InChI=1S/C17H26N2O2/c1-12-5-6-14(11-16(12)19(20)21)13(2)18-15-7-9-17(3,4)10-8-15/h5-6,11,13,15,18H,7-10H2,1-4H3. The summed E-state index contributed by atoms with van der Waals surface area (Å²) in [5.74, 6) is 0. The van der Waals surface area contributed by atoms with Gasteiger partial charge in [-0.05, 0) is 50.5 Å². The number of aryl methyl sites for hydroxylation is 1. The van der Waals surface area contributed by atoms with E-state index in [2.05, 4.69) is 26.1 Å². The Morgan fingerprint density at radius 2 is 1.95 bits per heavy atom. The zero-order chi connectivity index (χ0) is 15.6. The number of rotatable bonds is 4. The van der Waals surface area contributed by atoms with Gasteiger partial charge in [0.25, 0.3) is 5.69 Å². The van der Waals surface area contributed by atoms with Crippen LogP contribution in [-0.4, -0.2) is 11.0 Å². The van der Waals surface area contributed by atoms with E-state index in [0.717, 1.165) is 11.1 Å². The highest BCUT2D eigenvalue weighted by Gasteiger charge is 2.27. The first-order valence-electron chi connectivity index (χ1n) is 7.79. The summed E-state index contributed by atoms with van der Waals surface area (Å²) in [5.41, 5.74) is 2.39. The van der Waals surface area contributed by atoms with Gasteiger partial charge >= 0.3 is 0 Å². The zero-order valence-electron chi connectivity index (χ0n) is 13.5. The highest BCUT2D eigenvalue weighted by molar-refractivity contribution is 5.43. The van der Waals surface area contributed by atoms with Crippen LogP contribution in [0, 0.1) is 22.5 Å². The van der Waals surface area contributed by atoms with E-state index >= 15 is 0 Å². The third kappa shape index (κ3) is 4.03. The molecule has 0 aromatic heterocycles. The number of nitrogens with zero attached hydrogens (tertiary/aromatic N) is 1. The lowest BCUT2D eigenvalue weighted by Crippen LogP contribution is -2.37. The molecule has 0 aliphatic heterocycles. The molecule has 4 heteroatoms.